The van der Waals surface area contributed by atoms with Crippen molar-refractivity contribution in [3.8, 4) is 5.75 Å². The number of aromatic hydroxyl groups is 1. The van der Waals surface area contributed by atoms with E-state index in [1.807, 2.05) is 0 Å². The second kappa shape index (κ2) is 6.04. The van der Waals surface area contributed by atoms with Crippen LogP contribution in [-0.2, 0) is 6.54 Å². The molecule has 0 radical (unpaired) electrons. The maximum absolute atomic E-state index is 12.0. The van der Waals surface area contributed by atoms with Gasteiger partial charge in [0, 0.05) is 18.3 Å². The van der Waals surface area contributed by atoms with E-state index in [1.54, 1.807) is 19.1 Å². The monoisotopic (exact) mass is 286 g/mol. The molecule has 0 saturated heterocycles. The van der Waals surface area contributed by atoms with Crippen molar-refractivity contribution in [1.29, 1.82) is 0 Å². The van der Waals surface area contributed by atoms with Gasteiger partial charge in [-0.1, -0.05) is 6.07 Å². The summed E-state index contributed by atoms with van der Waals surface area (Å²) in [7, 11) is 0. The van der Waals surface area contributed by atoms with Crippen molar-refractivity contribution in [3.05, 3.63) is 58.9 Å². The van der Waals surface area contributed by atoms with Crippen LogP contribution in [0.4, 0.5) is 0 Å². The third kappa shape index (κ3) is 3.56. The number of aromatic nitrogens is 1. The number of carbonyl (C=O) groups excluding carboxylic acids is 1. The van der Waals surface area contributed by atoms with Gasteiger partial charge in [0.05, 0.1) is 0 Å². The van der Waals surface area contributed by atoms with E-state index in [-0.39, 0.29) is 23.9 Å². The smallest absolute Gasteiger partial charge is 0.354 e. The van der Waals surface area contributed by atoms with Gasteiger partial charge in [0.2, 0.25) is 0 Å². The lowest BCUT2D eigenvalue weighted by atomic mass is 10.1. The van der Waals surface area contributed by atoms with Gasteiger partial charge in [-0.15, -0.1) is 0 Å². The summed E-state index contributed by atoms with van der Waals surface area (Å²) >= 11 is 0. The highest BCUT2D eigenvalue weighted by Crippen LogP contribution is 2.15. The molecular formula is C15H14N2O4. The number of carboxylic acid groups (broad SMARTS) is 1. The number of phenols is 1. The molecule has 21 heavy (non-hydrogen) atoms. The fourth-order valence-electron chi connectivity index (χ4n) is 1.84. The second-order valence-electron chi connectivity index (χ2n) is 4.54. The molecule has 0 bridgehead atoms. The molecule has 1 amide bonds. The van der Waals surface area contributed by atoms with E-state index >= 15 is 0 Å². The predicted octanol–water partition coefficient (Wildman–Crippen LogP) is 1.72. The van der Waals surface area contributed by atoms with Crippen LogP contribution in [0.3, 0.4) is 0 Å². The van der Waals surface area contributed by atoms with Gasteiger partial charge in [-0.05, 0) is 42.3 Å². The maximum atomic E-state index is 12.0. The van der Waals surface area contributed by atoms with Crippen molar-refractivity contribution in [2.75, 3.05) is 0 Å². The number of nitrogens with one attached hydrogen (secondary N) is 1. The minimum absolute atomic E-state index is 0.0422. The van der Waals surface area contributed by atoms with E-state index in [2.05, 4.69) is 10.3 Å². The van der Waals surface area contributed by atoms with Gasteiger partial charge in [-0.2, -0.15) is 0 Å². The molecule has 0 atom stereocenters. The molecule has 3 N–H and O–H groups in total. The predicted molar refractivity (Wildman–Crippen MR) is 75.2 cm³/mol. The number of carboxylic acids is 1. The Morgan fingerprint density at radius 3 is 2.57 bits per heavy atom. The lowest BCUT2D eigenvalue weighted by Crippen LogP contribution is -2.23. The summed E-state index contributed by atoms with van der Waals surface area (Å²) in [6, 6.07) is 7.49. The number of hydrogen-bond acceptors (Lipinski definition) is 4. The van der Waals surface area contributed by atoms with Crippen LogP contribution in [0.2, 0.25) is 0 Å². The number of amides is 1. The van der Waals surface area contributed by atoms with Crippen LogP contribution in [-0.4, -0.2) is 27.1 Å². The van der Waals surface area contributed by atoms with Gasteiger partial charge >= 0.3 is 5.97 Å². The van der Waals surface area contributed by atoms with Crippen molar-refractivity contribution >= 4 is 11.9 Å². The summed E-state index contributed by atoms with van der Waals surface area (Å²) in [5.41, 5.74) is 1.80. The lowest BCUT2D eigenvalue weighted by Gasteiger charge is -2.08. The number of aromatic carboxylic acids is 1. The number of benzene rings is 1. The molecule has 0 saturated carbocycles. The first kappa shape index (κ1) is 14.5. The molecule has 0 unspecified atom stereocenters. The third-order valence-electron chi connectivity index (χ3n) is 2.95. The normalized spacial score (nSPS) is 10.1. The van der Waals surface area contributed by atoms with Crippen LogP contribution in [0.5, 0.6) is 5.75 Å². The van der Waals surface area contributed by atoms with Gasteiger partial charge in [0.25, 0.3) is 5.91 Å². The molecule has 2 aromatic rings. The van der Waals surface area contributed by atoms with Gasteiger partial charge in [0.15, 0.2) is 0 Å². The van der Waals surface area contributed by atoms with Crippen LogP contribution >= 0.6 is 0 Å². The highest BCUT2D eigenvalue weighted by molar-refractivity contribution is 5.95. The Hall–Kier alpha value is -2.89. The third-order valence-corrected chi connectivity index (χ3v) is 2.95. The molecule has 2 rings (SSSR count). The van der Waals surface area contributed by atoms with Gasteiger partial charge in [-0.25, -0.2) is 9.78 Å². The first-order chi connectivity index (χ1) is 9.97. The molecule has 0 fully saturated rings. The Morgan fingerprint density at radius 2 is 2.00 bits per heavy atom. The first-order valence-electron chi connectivity index (χ1n) is 6.23. The average molecular weight is 286 g/mol. The van der Waals surface area contributed by atoms with E-state index in [1.165, 1.54) is 24.4 Å². The summed E-state index contributed by atoms with van der Waals surface area (Å²) < 4.78 is 0. The highest BCUT2D eigenvalue weighted by Gasteiger charge is 2.09. The molecule has 1 heterocycles. The number of aryl methyl sites for hydroxylation is 1. The Balaban J connectivity index is 2.02. The molecule has 6 nitrogen and oxygen atoms in total. The summed E-state index contributed by atoms with van der Waals surface area (Å²) in [5, 5.41) is 20.8. The Labute approximate surface area is 121 Å². The van der Waals surface area contributed by atoms with E-state index in [4.69, 9.17) is 5.11 Å². The van der Waals surface area contributed by atoms with Crippen LogP contribution < -0.4 is 5.32 Å². The summed E-state index contributed by atoms with van der Waals surface area (Å²) in [5.74, 6) is -1.25. The fourth-order valence-corrected chi connectivity index (χ4v) is 1.84. The zero-order valence-corrected chi connectivity index (χ0v) is 11.3. The highest BCUT2D eigenvalue weighted by atomic mass is 16.4. The van der Waals surface area contributed by atoms with Crippen molar-refractivity contribution < 1.29 is 19.8 Å². The average Bonchev–Trinajstić information content (AvgIpc) is 2.45. The number of nitrogens with zero attached hydrogens (tertiary/aromatic N) is 1. The van der Waals surface area contributed by atoms with Gasteiger partial charge in [0.1, 0.15) is 11.4 Å². The number of carbonyl (C=O) groups is 2. The van der Waals surface area contributed by atoms with E-state index in [0.29, 0.717) is 16.7 Å². The summed E-state index contributed by atoms with van der Waals surface area (Å²) in [6.45, 7) is 1.98. The standard InChI is InChI=1S/C15H14N2O4/c1-9-6-11(18)3-4-12(9)14(19)17-8-10-2-5-13(15(20)21)16-7-10/h2-7,18H,8H2,1H3,(H,17,19)(H,20,21). The van der Waals surface area contributed by atoms with Crippen molar-refractivity contribution in [1.82, 2.24) is 10.3 Å². The molecule has 0 aliphatic heterocycles. The SMILES string of the molecule is Cc1cc(O)ccc1C(=O)NCc1ccc(C(=O)O)nc1. The first-order valence-corrected chi connectivity index (χ1v) is 6.23. The van der Waals surface area contributed by atoms with Crippen LogP contribution in [0.25, 0.3) is 0 Å². The minimum Gasteiger partial charge on any atom is -0.508 e. The van der Waals surface area contributed by atoms with E-state index in [0.717, 1.165) is 0 Å². The Kier molecular flexibility index (Phi) is 4.18. The minimum atomic E-state index is -1.09. The Morgan fingerprint density at radius 1 is 1.24 bits per heavy atom. The zero-order chi connectivity index (χ0) is 15.4. The number of phenolic OH excluding ortho intramolecular Hbond substituents is 1. The molecular weight excluding hydrogens is 272 g/mol. The largest absolute Gasteiger partial charge is 0.508 e. The topological polar surface area (TPSA) is 99.5 Å². The van der Waals surface area contributed by atoms with Gasteiger partial charge < -0.3 is 15.5 Å². The van der Waals surface area contributed by atoms with Crippen LogP contribution in [0.15, 0.2) is 36.5 Å². The van der Waals surface area contributed by atoms with Crippen molar-refractivity contribution in [3.63, 3.8) is 0 Å². The molecule has 0 spiro atoms. The molecule has 1 aromatic carbocycles. The van der Waals surface area contributed by atoms with E-state index < -0.39 is 5.97 Å². The van der Waals surface area contributed by atoms with E-state index in [9.17, 15) is 14.7 Å². The number of hydrogen-bond donors (Lipinski definition) is 3. The Bertz CT molecular complexity index is 681. The maximum Gasteiger partial charge on any atom is 0.354 e. The molecule has 0 aliphatic carbocycles. The van der Waals surface area contributed by atoms with Crippen LogP contribution in [0.1, 0.15) is 32.0 Å². The van der Waals surface area contributed by atoms with Crippen molar-refractivity contribution in [2.45, 2.75) is 13.5 Å². The molecule has 6 heteroatoms. The van der Waals surface area contributed by atoms with Crippen LogP contribution in [0, 0.1) is 6.92 Å². The molecule has 108 valence electrons. The van der Waals surface area contributed by atoms with Crippen molar-refractivity contribution in [2.24, 2.45) is 0 Å². The molecule has 0 aliphatic rings. The second-order valence-corrected chi connectivity index (χ2v) is 4.54. The summed E-state index contributed by atoms with van der Waals surface area (Å²) in [4.78, 5) is 26.5. The lowest BCUT2D eigenvalue weighted by molar-refractivity contribution is 0.0690. The number of rotatable bonds is 4. The summed E-state index contributed by atoms with van der Waals surface area (Å²) in [6.07, 6.45) is 1.41. The number of pyridine rings is 1. The van der Waals surface area contributed by atoms with Gasteiger partial charge in [-0.3, -0.25) is 4.79 Å². The zero-order valence-electron chi connectivity index (χ0n) is 11.3. The molecule has 1 aromatic heterocycles. The quantitative estimate of drug-likeness (QED) is 0.794. The fraction of sp³-hybridized carbons (Fsp3) is 0.133.